The van der Waals surface area contributed by atoms with Crippen LogP contribution >= 0.6 is 11.6 Å². The van der Waals surface area contributed by atoms with Gasteiger partial charge < -0.3 is 4.90 Å². The SMILES string of the molecule is CCCc1c(Cl)ncnc1N(C)Cc1cnn(C)c1. The summed E-state index contributed by atoms with van der Waals surface area (Å²) in [5, 5.41) is 4.72. The van der Waals surface area contributed by atoms with Gasteiger partial charge in [0.1, 0.15) is 17.3 Å². The first kappa shape index (κ1) is 13.8. The minimum absolute atomic E-state index is 0.546. The number of aryl methyl sites for hydroxylation is 1. The average Bonchev–Trinajstić information content (AvgIpc) is 2.77. The van der Waals surface area contributed by atoms with Gasteiger partial charge in [-0.25, -0.2) is 9.97 Å². The van der Waals surface area contributed by atoms with Gasteiger partial charge in [0.25, 0.3) is 0 Å². The molecule has 0 spiro atoms. The van der Waals surface area contributed by atoms with Crippen molar-refractivity contribution in [2.24, 2.45) is 7.05 Å². The van der Waals surface area contributed by atoms with E-state index < -0.39 is 0 Å². The number of hydrogen-bond acceptors (Lipinski definition) is 4. The van der Waals surface area contributed by atoms with Crippen LogP contribution in [-0.2, 0) is 20.0 Å². The predicted molar refractivity (Wildman–Crippen MR) is 76.4 cm³/mol. The fraction of sp³-hybridized carbons (Fsp3) is 0.462. The normalized spacial score (nSPS) is 10.7. The third-order valence-corrected chi connectivity index (χ3v) is 3.24. The number of aromatic nitrogens is 4. The van der Waals surface area contributed by atoms with Gasteiger partial charge in [0.15, 0.2) is 0 Å². The lowest BCUT2D eigenvalue weighted by atomic mass is 10.1. The van der Waals surface area contributed by atoms with E-state index in [-0.39, 0.29) is 0 Å². The maximum Gasteiger partial charge on any atom is 0.137 e. The van der Waals surface area contributed by atoms with Gasteiger partial charge in [-0.1, -0.05) is 24.9 Å². The molecule has 2 aromatic rings. The fourth-order valence-corrected chi connectivity index (χ4v) is 2.30. The molecular formula is C13H18ClN5. The van der Waals surface area contributed by atoms with Gasteiger partial charge in [-0.05, 0) is 6.42 Å². The van der Waals surface area contributed by atoms with E-state index in [1.165, 1.54) is 6.33 Å². The van der Waals surface area contributed by atoms with Crippen molar-refractivity contribution in [3.63, 3.8) is 0 Å². The maximum atomic E-state index is 6.17. The van der Waals surface area contributed by atoms with Gasteiger partial charge in [-0.2, -0.15) is 5.10 Å². The van der Waals surface area contributed by atoms with Crippen LogP contribution in [0.25, 0.3) is 0 Å². The first-order chi connectivity index (χ1) is 9.11. The maximum absolute atomic E-state index is 6.17. The predicted octanol–water partition coefficient (Wildman–Crippen LogP) is 2.45. The van der Waals surface area contributed by atoms with E-state index in [2.05, 4.69) is 26.9 Å². The van der Waals surface area contributed by atoms with Gasteiger partial charge in [-0.3, -0.25) is 4.68 Å². The molecule has 0 saturated heterocycles. The van der Waals surface area contributed by atoms with E-state index in [0.717, 1.165) is 36.3 Å². The van der Waals surface area contributed by atoms with Crippen molar-refractivity contribution in [2.75, 3.05) is 11.9 Å². The zero-order valence-electron chi connectivity index (χ0n) is 11.5. The van der Waals surface area contributed by atoms with E-state index in [1.54, 1.807) is 4.68 Å². The Hall–Kier alpha value is -1.62. The average molecular weight is 280 g/mol. The lowest BCUT2D eigenvalue weighted by Gasteiger charge is -2.20. The van der Waals surface area contributed by atoms with E-state index in [4.69, 9.17) is 11.6 Å². The topological polar surface area (TPSA) is 46.8 Å². The summed E-state index contributed by atoms with van der Waals surface area (Å²) in [6, 6.07) is 0. The van der Waals surface area contributed by atoms with Crippen molar-refractivity contribution in [1.82, 2.24) is 19.7 Å². The van der Waals surface area contributed by atoms with Gasteiger partial charge in [-0.15, -0.1) is 0 Å². The molecule has 2 heterocycles. The van der Waals surface area contributed by atoms with Crippen LogP contribution in [0.5, 0.6) is 0 Å². The monoisotopic (exact) mass is 279 g/mol. The largest absolute Gasteiger partial charge is 0.355 e. The Bertz CT molecular complexity index is 552. The molecule has 0 N–H and O–H groups in total. The Kier molecular flexibility index (Phi) is 4.37. The standard InChI is InChI=1S/C13H18ClN5/c1-4-5-11-12(14)15-9-16-13(11)18(2)7-10-6-17-19(3)8-10/h6,8-9H,4-5,7H2,1-3H3. The summed E-state index contributed by atoms with van der Waals surface area (Å²) in [5.74, 6) is 0.894. The van der Waals surface area contributed by atoms with Gasteiger partial charge in [0, 0.05) is 38.0 Å². The van der Waals surface area contributed by atoms with Crippen LogP contribution in [0.15, 0.2) is 18.7 Å². The molecule has 0 aliphatic carbocycles. The van der Waals surface area contributed by atoms with Crippen molar-refractivity contribution in [3.05, 3.63) is 35.0 Å². The Labute approximate surface area is 118 Å². The van der Waals surface area contributed by atoms with Gasteiger partial charge >= 0.3 is 0 Å². The van der Waals surface area contributed by atoms with Crippen LogP contribution in [0, 0.1) is 0 Å². The molecule has 5 nitrogen and oxygen atoms in total. The highest BCUT2D eigenvalue weighted by Gasteiger charge is 2.13. The smallest absolute Gasteiger partial charge is 0.137 e. The zero-order chi connectivity index (χ0) is 13.8. The molecule has 19 heavy (non-hydrogen) atoms. The molecule has 0 fully saturated rings. The van der Waals surface area contributed by atoms with Crippen molar-refractivity contribution >= 4 is 17.4 Å². The highest BCUT2D eigenvalue weighted by molar-refractivity contribution is 6.30. The minimum Gasteiger partial charge on any atom is -0.355 e. The molecule has 0 atom stereocenters. The van der Waals surface area contributed by atoms with Crippen LogP contribution in [0.1, 0.15) is 24.5 Å². The molecule has 0 aliphatic rings. The van der Waals surface area contributed by atoms with Crippen LogP contribution in [0.3, 0.4) is 0 Å². The fourth-order valence-electron chi connectivity index (χ4n) is 2.08. The highest BCUT2D eigenvalue weighted by atomic mass is 35.5. The van der Waals surface area contributed by atoms with Crippen molar-refractivity contribution < 1.29 is 0 Å². The molecule has 2 aromatic heterocycles. The Morgan fingerprint density at radius 1 is 1.37 bits per heavy atom. The van der Waals surface area contributed by atoms with Gasteiger partial charge in [0.2, 0.25) is 0 Å². The molecule has 0 bridgehead atoms. The lowest BCUT2D eigenvalue weighted by Crippen LogP contribution is -2.19. The molecular weight excluding hydrogens is 262 g/mol. The Morgan fingerprint density at radius 3 is 2.79 bits per heavy atom. The van der Waals surface area contributed by atoms with E-state index in [9.17, 15) is 0 Å². The molecule has 0 amide bonds. The molecule has 6 heteroatoms. The zero-order valence-corrected chi connectivity index (χ0v) is 12.2. The van der Waals surface area contributed by atoms with E-state index in [0.29, 0.717) is 5.15 Å². The number of halogens is 1. The number of nitrogens with zero attached hydrogens (tertiary/aromatic N) is 5. The summed E-state index contributed by atoms with van der Waals surface area (Å²) >= 11 is 6.17. The lowest BCUT2D eigenvalue weighted by molar-refractivity contribution is 0.766. The quantitative estimate of drug-likeness (QED) is 0.789. The molecule has 102 valence electrons. The third kappa shape index (κ3) is 3.23. The summed E-state index contributed by atoms with van der Waals surface area (Å²) in [5.41, 5.74) is 2.15. The first-order valence-electron chi connectivity index (χ1n) is 6.29. The molecule has 0 radical (unpaired) electrons. The van der Waals surface area contributed by atoms with Crippen LogP contribution in [-0.4, -0.2) is 26.8 Å². The summed E-state index contributed by atoms with van der Waals surface area (Å²) in [7, 11) is 3.92. The number of rotatable bonds is 5. The molecule has 0 saturated carbocycles. The minimum atomic E-state index is 0.546. The summed E-state index contributed by atoms with van der Waals surface area (Å²) < 4.78 is 1.79. The van der Waals surface area contributed by atoms with E-state index >= 15 is 0 Å². The summed E-state index contributed by atoms with van der Waals surface area (Å²) in [4.78, 5) is 10.5. The highest BCUT2D eigenvalue weighted by Crippen LogP contribution is 2.24. The second-order valence-corrected chi connectivity index (χ2v) is 4.95. The second kappa shape index (κ2) is 6.02. The van der Waals surface area contributed by atoms with Crippen LogP contribution < -0.4 is 4.90 Å². The van der Waals surface area contributed by atoms with Crippen molar-refractivity contribution in [2.45, 2.75) is 26.3 Å². The number of anilines is 1. The van der Waals surface area contributed by atoms with Crippen LogP contribution in [0.4, 0.5) is 5.82 Å². The number of hydrogen-bond donors (Lipinski definition) is 0. The van der Waals surface area contributed by atoms with Crippen molar-refractivity contribution in [1.29, 1.82) is 0 Å². The Balaban J connectivity index is 2.23. The molecule has 2 rings (SSSR count). The second-order valence-electron chi connectivity index (χ2n) is 4.59. The first-order valence-corrected chi connectivity index (χ1v) is 6.67. The molecule has 0 aromatic carbocycles. The molecule has 0 aliphatic heterocycles. The van der Waals surface area contributed by atoms with Crippen LogP contribution in [0.2, 0.25) is 5.15 Å². The van der Waals surface area contributed by atoms with E-state index in [1.807, 2.05) is 26.5 Å². The van der Waals surface area contributed by atoms with Gasteiger partial charge in [0.05, 0.1) is 6.20 Å². The third-order valence-electron chi connectivity index (χ3n) is 2.91. The Morgan fingerprint density at radius 2 is 2.16 bits per heavy atom. The summed E-state index contributed by atoms with van der Waals surface area (Å²) in [6.07, 6.45) is 7.27. The molecule has 0 unspecified atom stereocenters. The van der Waals surface area contributed by atoms with Crippen molar-refractivity contribution in [3.8, 4) is 0 Å². The summed E-state index contributed by atoms with van der Waals surface area (Å²) in [6.45, 7) is 2.87.